The highest BCUT2D eigenvalue weighted by Gasteiger charge is 2.11. The maximum atomic E-state index is 12.7. The van der Waals surface area contributed by atoms with Gasteiger partial charge in [0.2, 0.25) is 0 Å². The van der Waals surface area contributed by atoms with Crippen LogP contribution in [-0.2, 0) is 4.79 Å². The van der Waals surface area contributed by atoms with E-state index in [0.717, 1.165) is 6.42 Å². The number of rotatable bonds is 6. The molecule has 5 nitrogen and oxygen atoms in total. The van der Waals surface area contributed by atoms with Crippen LogP contribution in [0.4, 0.5) is 10.2 Å². The molecule has 0 fully saturated rings. The standard InChI is InChI=1S/C15H18FN3O2/c1-3-11(2)19-14(8-9-17-19)18-15(20)10-21-13-6-4-12(16)5-7-13/h4-9,11H,3,10H2,1-2H3,(H,18,20). The number of ether oxygens (including phenoxy) is 1. The molecule has 2 aromatic rings. The average molecular weight is 291 g/mol. The van der Waals surface area contributed by atoms with E-state index < -0.39 is 0 Å². The Hall–Kier alpha value is -2.37. The van der Waals surface area contributed by atoms with Crippen LogP contribution in [0.2, 0.25) is 0 Å². The number of halogens is 1. The van der Waals surface area contributed by atoms with Crippen molar-refractivity contribution >= 4 is 11.7 Å². The fraction of sp³-hybridized carbons (Fsp3) is 0.333. The SMILES string of the molecule is CCC(C)n1nccc1NC(=O)COc1ccc(F)cc1. The number of amides is 1. The lowest BCUT2D eigenvalue weighted by Gasteiger charge is -2.14. The molecule has 112 valence electrons. The molecule has 0 radical (unpaired) electrons. The summed E-state index contributed by atoms with van der Waals surface area (Å²) in [5, 5.41) is 6.94. The van der Waals surface area contributed by atoms with Gasteiger partial charge >= 0.3 is 0 Å². The summed E-state index contributed by atoms with van der Waals surface area (Å²) in [4.78, 5) is 11.9. The largest absolute Gasteiger partial charge is 0.484 e. The lowest BCUT2D eigenvalue weighted by atomic mass is 10.3. The fourth-order valence-electron chi connectivity index (χ4n) is 1.80. The van der Waals surface area contributed by atoms with Crippen LogP contribution >= 0.6 is 0 Å². The van der Waals surface area contributed by atoms with Crippen LogP contribution in [0, 0.1) is 5.82 Å². The Balaban J connectivity index is 1.90. The predicted octanol–water partition coefficient (Wildman–Crippen LogP) is 3.01. The van der Waals surface area contributed by atoms with Gasteiger partial charge in [-0.25, -0.2) is 9.07 Å². The minimum absolute atomic E-state index is 0.142. The van der Waals surface area contributed by atoms with Gasteiger partial charge in [-0.2, -0.15) is 5.10 Å². The molecule has 0 aliphatic heterocycles. The molecule has 1 N–H and O–H groups in total. The van der Waals surface area contributed by atoms with Gasteiger partial charge in [0, 0.05) is 6.07 Å². The van der Waals surface area contributed by atoms with E-state index in [1.54, 1.807) is 16.9 Å². The summed E-state index contributed by atoms with van der Waals surface area (Å²) >= 11 is 0. The summed E-state index contributed by atoms with van der Waals surface area (Å²) in [6, 6.07) is 7.46. The van der Waals surface area contributed by atoms with Crippen molar-refractivity contribution in [1.29, 1.82) is 0 Å². The number of aromatic nitrogens is 2. The molecule has 1 aromatic carbocycles. The quantitative estimate of drug-likeness (QED) is 0.890. The van der Waals surface area contributed by atoms with E-state index in [1.165, 1.54) is 24.3 Å². The van der Waals surface area contributed by atoms with E-state index in [2.05, 4.69) is 17.3 Å². The average Bonchev–Trinajstić information content (AvgIpc) is 2.94. The third-order valence-electron chi connectivity index (χ3n) is 3.13. The molecule has 1 unspecified atom stereocenters. The van der Waals surface area contributed by atoms with Crippen molar-refractivity contribution in [2.75, 3.05) is 11.9 Å². The number of carbonyl (C=O) groups is 1. The molecular formula is C15H18FN3O2. The highest BCUT2D eigenvalue weighted by atomic mass is 19.1. The molecule has 0 saturated carbocycles. The number of anilines is 1. The molecule has 0 aliphatic carbocycles. The highest BCUT2D eigenvalue weighted by Crippen LogP contribution is 2.16. The predicted molar refractivity (Wildman–Crippen MR) is 77.8 cm³/mol. The summed E-state index contributed by atoms with van der Waals surface area (Å²) in [5.74, 6) is 0.452. The molecule has 1 atom stereocenters. The molecule has 1 aromatic heterocycles. The van der Waals surface area contributed by atoms with Gasteiger partial charge in [-0.1, -0.05) is 6.92 Å². The molecule has 6 heteroatoms. The summed E-state index contributed by atoms with van der Waals surface area (Å²) in [6.45, 7) is 3.94. The molecule has 0 aliphatic rings. The van der Waals surface area contributed by atoms with Crippen LogP contribution in [0.5, 0.6) is 5.75 Å². The first-order valence-corrected chi connectivity index (χ1v) is 6.82. The zero-order valence-electron chi connectivity index (χ0n) is 12.0. The Morgan fingerprint density at radius 1 is 1.38 bits per heavy atom. The summed E-state index contributed by atoms with van der Waals surface area (Å²) in [6.07, 6.45) is 2.55. The second-order valence-corrected chi connectivity index (χ2v) is 4.71. The Morgan fingerprint density at radius 3 is 2.76 bits per heavy atom. The highest BCUT2D eigenvalue weighted by molar-refractivity contribution is 5.91. The van der Waals surface area contributed by atoms with Gasteiger partial charge in [-0.15, -0.1) is 0 Å². The van der Waals surface area contributed by atoms with Gasteiger partial charge < -0.3 is 10.1 Å². The van der Waals surface area contributed by atoms with Crippen molar-refractivity contribution in [3.05, 3.63) is 42.3 Å². The van der Waals surface area contributed by atoms with Crippen molar-refractivity contribution < 1.29 is 13.9 Å². The molecule has 0 spiro atoms. The summed E-state index contributed by atoms with van der Waals surface area (Å²) in [7, 11) is 0. The van der Waals surface area contributed by atoms with Gasteiger partial charge in [-0.05, 0) is 37.6 Å². The van der Waals surface area contributed by atoms with Crippen molar-refractivity contribution in [2.24, 2.45) is 0 Å². The van der Waals surface area contributed by atoms with Crippen molar-refractivity contribution in [2.45, 2.75) is 26.3 Å². The molecule has 1 amide bonds. The first-order chi connectivity index (χ1) is 10.1. The Morgan fingerprint density at radius 2 is 2.10 bits per heavy atom. The Labute approximate surface area is 122 Å². The lowest BCUT2D eigenvalue weighted by molar-refractivity contribution is -0.118. The Bertz CT molecular complexity index is 595. The molecule has 0 saturated heterocycles. The normalized spacial score (nSPS) is 12.0. The maximum absolute atomic E-state index is 12.7. The van der Waals surface area contributed by atoms with Gasteiger partial charge in [-0.3, -0.25) is 4.79 Å². The van der Waals surface area contributed by atoms with Crippen LogP contribution in [0.25, 0.3) is 0 Å². The van der Waals surface area contributed by atoms with Crippen molar-refractivity contribution in [3.63, 3.8) is 0 Å². The molecule has 21 heavy (non-hydrogen) atoms. The second kappa shape index (κ2) is 6.88. The van der Waals surface area contributed by atoms with E-state index in [-0.39, 0.29) is 24.4 Å². The van der Waals surface area contributed by atoms with Gasteiger partial charge in [0.15, 0.2) is 6.61 Å². The van der Waals surface area contributed by atoms with Crippen molar-refractivity contribution in [3.8, 4) is 5.75 Å². The fourth-order valence-corrected chi connectivity index (χ4v) is 1.80. The number of benzene rings is 1. The van der Waals surface area contributed by atoms with Crippen LogP contribution in [-0.4, -0.2) is 22.3 Å². The third kappa shape index (κ3) is 4.05. The number of hydrogen-bond donors (Lipinski definition) is 1. The molecule has 0 bridgehead atoms. The maximum Gasteiger partial charge on any atom is 0.263 e. The van der Waals surface area contributed by atoms with Crippen LogP contribution < -0.4 is 10.1 Å². The van der Waals surface area contributed by atoms with Gasteiger partial charge in [0.05, 0.1) is 12.2 Å². The molecule has 2 rings (SSSR count). The topological polar surface area (TPSA) is 56.2 Å². The number of nitrogens with zero attached hydrogens (tertiary/aromatic N) is 2. The zero-order chi connectivity index (χ0) is 15.2. The summed E-state index contributed by atoms with van der Waals surface area (Å²) < 4.78 is 19.8. The third-order valence-corrected chi connectivity index (χ3v) is 3.13. The zero-order valence-corrected chi connectivity index (χ0v) is 12.0. The van der Waals surface area contributed by atoms with Crippen LogP contribution in [0.3, 0.4) is 0 Å². The van der Waals surface area contributed by atoms with Gasteiger partial charge in [0.25, 0.3) is 5.91 Å². The van der Waals surface area contributed by atoms with Crippen LogP contribution in [0.15, 0.2) is 36.5 Å². The second-order valence-electron chi connectivity index (χ2n) is 4.71. The first-order valence-electron chi connectivity index (χ1n) is 6.82. The minimum Gasteiger partial charge on any atom is -0.484 e. The van der Waals surface area contributed by atoms with Crippen LogP contribution in [0.1, 0.15) is 26.3 Å². The van der Waals surface area contributed by atoms with Gasteiger partial charge in [0.1, 0.15) is 17.4 Å². The molecular weight excluding hydrogens is 273 g/mol. The number of nitrogens with one attached hydrogen (secondary N) is 1. The number of carbonyl (C=O) groups excluding carboxylic acids is 1. The van der Waals surface area contributed by atoms with E-state index in [1.807, 2.05) is 6.92 Å². The monoisotopic (exact) mass is 291 g/mol. The van der Waals surface area contributed by atoms with Crippen molar-refractivity contribution in [1.82, 2.24) is 9.78 Å². The smallest absolute Gasteiger partial charge is 0.263 e. The lowest BCUT2D eigenvalue weighted by Crippen LogP contribution is -2.22. The minimum atomic E-state index is -0.343. The molecule has 1 heterocycles. The number of hydrogen-bond acceptors (Lipinski definition) is 3. The van der Waals surface area contributed by atoms with E-state index in [9.17, 15) is 9.18 Å². The van der Waals surface area contributed by atoms with E-state index in [0.29, 0.717) is 11.6 Å². The first kappa shape index (κ1) is 15.0. The van der Waals surface area contributed by atoms with E-state index in [4.69, 9.17) is 4.74 Å². The Kier molecular flexibility index (Phi) is 4.92. The summed E-state index contributed by atoms with van der Waals surface area (Å²) in [5.41, 5.74) is 0. The van der Waals surface area contributed by atoms with E-state index >= 15 is 0 Å².